The summed E-state index contributed by atoms with van der Waals surface area (Å²) in [6.45, 7) is 3.71. The molecule has 0 aliphatic rings. The molecule has 88 valence electrons. The van der Waals surface area contributed by atoms with Crippen molar-refractivity contribution in [3.05, 3.63) is 22.4 Å². The van der Waals surface area contributed by atoms with Gasteiger partial charge in [-0.15, -0.1) is 0 Å². The summed E-state index contributed by atoms with van der Waals surface area (Å²) in [6.07, 6.45) is 0. The molecular formula is C11H15NO3S. The second kappa shape index (κ2) is 5.65. The summed E-state index contributed by atoms with van der Waals surface area (Å²) in [5.74, 6) is -0.668. The van der Waals surface area contributed by atoms with E-state index in [0.717, 1.165) is 0 Å². The van der Waals surface area contributed by atoms with E-state index in [1.54, 1.807) is 11.4 Å². The monoisotopic (exact) mass is 241 g/mol. The van der Waals surface area contributed by atoms with Crippen molar-refractivity contribution in [1.29, 1.82) is 0 Å². The van der Waals surface area contributed by atoms with Crippen LogP contribution in [0.15, 0.2) is 16.8 Å². The minimum absolute atomic E-state index is 0.00460. The van der Waals surface area contributed by atoms with E-state index in [-0.39, 0.29) is 11.8 Å². The standard InChI is InChI=1S/C11H15NO3S/c1-7(2)9(11(14)15-3)12-10(13)8-4-5-16-6-8/h4-7,9H,1-3H3,(H,12,13). The molecule has 0 bridgehead atoms. The molecule has 1 unspecified atom stereocenters. The molecule has 0 saturated heterocycles. The van der Waals surface area contributed by atoms with Gasteiger partial charge >= 0.3 is 5.97 Å². The lowest BCUT2D eigenvalue weighted by atomic mass is 10.0. The van der Waals surface area contributed by atoms with Gasteiger partial charge in [-0.3, -0.25) is 4.79 Å². The summed E-state index contributed by atoms with van der Waals surface area (Å²) in [7, 11) is 1.31. The van der Waals surface area contributed by atoms with Crippen molar-refractivity contribution < 1.29 is 14.3 Å². The summed E-state index contributed by atoms with van der Waals surface area (Å²) in [6, 6.07) is 1.12. The first-order chi connectivity index (χ1) is 7.56. The summed E-state index contributed by atoms with van der Waals surface area (Å²) < 4.78 is 4.64. The molecule has 0 fully saturated rings. The Hall–Kier alpha value is -1.36. The average Bonchev–Trinajstić information content (AvgIpc) is 2.77. The summed E-state index contributed by atoms with van der Waals surface area (Å²) >= 11 is 1.44. The molecule has 4 nitrogen and oxygen atoms in total. The van der Waals surface area contributed by atoms with Gasteiger partial charge in [0.15, 0.2) is 0 Å². The van der Waals surface area contributed by atoms with Crippen molar-refractivity contribution >= 4 is 23.2 Å². The van der Waals surface area contributed by atoms with Crippen LogP contribution in [0, 0.1) is 5.92 Å². The third-order valence-corrected chi connectivity index (χ3v) is 2.87. The number of nitrogens with one attached hydrogen (secondary N) is 1. The quantitative estimate of drug-likeness (QED) is 0.816. The number of thiophene rings is 1. The fourth-order valence-electron chi connectivity index (χ4n) is 1.24. The van der Waals surface area contributed by atoms with E-state index in [2.05, 4.69) is 10.1 Å². The number of hydrogen-bond donors (Lipinski definition) is 1. The van der Waals surface area contributed by atoms with Crippen LogP contribution in [0.1, 0.15) is 24.2 Å². The number of rotatable bonds is 4. The molecule has 0 radical (unpaired) electrons. The van der Waals surface area contributed by atoms with E-state index in [0.29, 0.717) is 5.56 Å². The van der Waals surface area contributed by atoms with Gasteiger partial charge in [0.2, 0.25) is 0 Å². The number of hydrogen-bond acceptors (Lipinski definition) is 4. The van der Waals surface area contributed by atoms with Gasteiger partial charge in [-0.2, -0.15) is 11.3 Å². The Balaban J connectivity index is 2.69. The maximum atomic E-state index is 11.7. The molecule has 1 rings (SSSR count). The lowest BCUT2D eigenvalue weighted by Gasteiger charge is -2.19. The second-order valence-corrected chi connectivity index (χ2v) is 4.51. The van der Waals surface area contributed by atoms with Crippen molar-refractivity contribution in [3.8, 4) is 0 Å². The Morgan fingerprint density at radius 3 is 2.56 bits per heavy atom. The Kier molecular flexibility index (Phi) is 4.49. The molecule has 0 aliphatic heterocycles. The molecule has 0 aliphatic carbocycles. The molecule has 1 aromatic rings. The fourth-order valence-corrected chi connectivity index (χ4v) is 1.88. The molecule has 16 heavy (non-hydrogen) atoms. The average molecular weight is 241 g/mol. The van der Waals surface area contributed by atoms with Crippen LogP contribution in [0.4, 0.5) is 0 Å². The highest BCUT2D eigenvalue weighted by molar-refractivity contribution is 7.08. The van der Waals surface area contributed by atoms with Crippen LogP contribution in [0.5, 0.6) is 0 Å². The smallest absolute Gasteiger partial charge is 0.328 e. The molecule has 1 heterocycles. The number of amides is 1. The maximum Gasteiger partial charge on any atom is 0.328 e. The number of ether oxygens (including phenoxy) is 1. The van der Waals surface area contributed by atoms with Crippen LogP contribution in [-0.2, 0) is 9.53 Å². The third-order valence-electron chi connectivity index (χ3n) is 2.19. The van der Waals surface area contributed by atoms with Gasteiger partial charge in [-0.1, -0.05) is 13.8 Å². The van der Waals surface area contributed by atoms with E-state index in [4.69, 9.17) is 0 Å². The van der Waals surface area contributed by atoms with E-state index in [9.17, 15) is 9.59 Å². The second-order valence-electron chi connectivity index (χ2n) is 3.73. The Labute approximate surface area is 98.6 Å². The van der Waals surface area contributed by atoms with Crippen LogP contribution in [-0.4, -0.2) is 25.0 Å². The van der Waals surface area contributed by atoms with Gasteiger partial charge in [0.25, 0.3) is 5.91 Å². The fraction of sp³-hybridized carbons (Fsp3) is 0.455. The van der Waals surface area contributed by atoms with Crippen LogP contribution in [0.25, 0.3) is 0 Å². The molecule has 0 saturated carbocycles. The molecule has 1 amide bonds. The van der Waals surface area contributed by atoms with Crippen molar-refractivity contribution in [2.45, 2.75) is 19.9 Å². The lowest BCUT2D eigenvalue weighted by Crippen LogP contribution is -2.44. The van der Waals surface area contributed by atoms with Crippen molar-refractivity contribution in [2.75, 3.05) is 7.11 Å². The SMILES string of the molecule is COC(=O)C(NC(=O)c1ccsc1)C(C)C. The molecule has 1 atom stereocenters. The largest absolute Gasteiger partial charge is 0.467 e. The molecule has 1 aromatic heterocycles. The number of esters is 1. The van der Waals surface area contributed by atoms with Crippen LogP contribution in [0.2, 0.25) is 0 Å². The lowest BCUT2D eigenvalue weighted by molar-refractivity contribution is -0.144. The van der Waals surface area contributed by atoms with Crippen molar-refractivity contribution in [3.63, 3.8) is 0 Å². The van der Waals surface area contributed by atoms with Crippen molar-refractivity contribution in [2.24, 2.45) is 5.92 Å². The molecule has 0 spiro atoms. The predicted octanol–water partition coefficient (Wildman–Crippen LogP) is 1.68. The van der Waals surface area contributed by atoms with Crippen molar-refractivity contribution in [1.82, 2.24) is 5.32 Å². The van der Waals surface area contributed by atoms with Crippen LogP contribution in [0.3, 0.4) is 0 Å². The van der Waals surface area contributed by atoms with Crippen LogP contribution >= 0.6 is 11.3 Å². The van der Waals surface area contributed by atoms with Gasteiger partial charge in [0.1, 0.15) is 6.04 Å². The van der Waals surface area contributed by atoms with E-state index in [1.807, 2.05) is 19.2 Å². The molecule has 5 heteroatoms. The molecular weight excluding hydrogens is 226 g/mol. The first kappa shape index (κ1) is 12.7. The summed E-state index contributed by atoms with van der Waals surface area (Å²) in [4.78, 5) is 23.2. The first-order valence-electron chi connectivity index (χ1n) is 4.97. The zero-order valence-electron chi connectivity index (χ0n) is 9.52. The minimum Gasteiger partial charge on any atom is -0.467 e. The third kappa shape index (κ3) is 3.06. The van der Waals surface area contributed by atoms with E-state index >= 15 is 0 Å². The Morgan fingerprint density at radius 1 is 1.44 bits per heavy atom. The van der Waals surface area contributed by atoms with E-state index < -0.39 is 12.0 Å². The molecule has 1 N–H and O–H groups in total. The van der Waals surface area contributed by atoms with Gasteiger partial charge < -0.3 is 10.1 Å². The Bertz CT molecular complexity index is 359. The van der Waals surface area contributed by atoms with Gasteiger partial charge in [0, 0.05) is 5.38 Å². The Morgan fingerprint density at radius 2 is 2.12 bits per heavy atom. The van der Waals surface area contributed by atoms with Gasteiger partial charge in [-0.05, 0) is 17.4 Å². The summed E-state index contributed by atoms with van der Waals surface area (Å²) in [5.41, 5.74) is 0.569. The van der Waals surface area contributed by atoms with Gasteiger partial charge in [0.05, 0.1) is 12.7 Å². The normalized spacial score (nSPS) is 12.2. The minimum atomic E-state index is -0.600. The predicted molar refractivity (Wildman–Crippen MR) is 62.4 cm³/mol. The van der Waals surface area contributed by atoms with Crippen LogP contribution < -0.4 is 5.32 Å². The number of carbonyl (C=O) groups is 2. The highest BCUT2D eigenvalue weighted by Crippen LogP contribution is 2.09. The number of carbonyl (C=O) groups excluding carboxylic acids is 2. The molecule has 0 aromatic carbocycles. The zero-order valence-corrected chi connectivity index (χ0v) is 10.3. The zero-order chi connectivity index (χ0) is 12.1. The summed E-state index contributed by atoms with van der Waals surface area (Å²) in [5, 5.41) is 6.22. The van der Waals surface area contributed by atoms with Gasteiger partial charge in [-0.25, -0.2) is 4.79 Å². The highest BCUT2D eigenvalue weighted by atomic mass is 32.1. The maximum absolute atomic E-state index is 11.7. The first-order valence-corrected chi connectivity index (χ1v) is 5.91. The van der Waals surface area contributed by atoms with E-state index in [1.165, 1.54) is 18.4 Å². The topological polar surface area (TPSA) is 55.4 Å². The number of methoxy groups -OCH3 is 1. The highest BCUT2D eigenvalue weighted by Gasteiger charge is 2.25.